The Bertz CT molecular complexity index is 842. The van der Waals surface area contributed by atoms with Crippen LogP contribution in [0.1, 0.15) is 27.8 Å². The number of benzene rings is 1. The van der Waals surface area contributed by atoms with Crippen LogP contribution in [0.2, 0.25) is 0 Å². The smallest absolute Gasteiger partial charge is 0.191 e. The van der Waals surface area contributed by atoms with Gasteiger partial charge in [-0.25, -0.2) is 0 Å². The average Bonchev–Trinajstić information content (AvgIpc) is 3.34. The van der Waals surface area contributed by atoms with Crippen molar-refractivity contribution in [3.8, 4) is 0 Å². The second-order valence-corrected chi connectivity index (χ2v) is 7.28. The average molecular weight is 495 g/mol. The van der Waals surface area contributed by atoms with Crippen molar-refractivity contribution in [3.63, 3.8) is 0 Å². The maximum Gasteiger partial charge on any atom is 0.191 e. The van der Waals surface area contributed by atoms with Crippen molar-refractivity contribution < 1.29 is 0 Å². The molecule has 0 unspecified atom stereocenters. The molecule has 0 saturated carbocycles. The summed E-state index contributed by atoms with van der Waals surface area (Å²) >= 11 is 1.85. The second kappa shape index (κ2) is 11.1. The number of guanidine groups is 1. The third-order valence-corrected chi connectivity index (χ3v) is 5.30. The first-order valence-electron chi connectivity index (χ1n) is 8.84. The third-order valence-electron chi connectivity index (χ3n) is 4.07. The molecule has 0 saturated heterocycles. The number of nitrogens with zero attached hydrogens (tertiary/aromatic N) is 3. The topological polar surface area (TPSA) is 54.2 Å². The third kappa shape index (κ3) is 6.66. The van der Waals surface area contributed by atoms with Gasteiger partial charge in [0.25, 0.3) is 0 Å². The van der Waals surface area contributed by atoms with E-state index in [1.807, 2.05) is 28.3 Å². The zero-order valence-corrected chi connectivity index (χ0v) is 18.8. The predicted octanol–water partition coefficient (Wildman–Crippen LogP) is 4.04. The Labute approximate surface area is 181 Å². The minimum absolute atomic E-state index is 0. The molecule has 3 rings (SSSR count). The molecule has 0 spiro atoms. The van der Waals surface area contributed by atoms with Crippen LogP contribution in [-0.4, -0.2) is 22.8 Å². The molecule has 0 aliphatic rings. The van der Waals surface area contributed by atoms with Crippen LogP contribution in [0.3, 0.4) is 0 Å². The maximum absolute atomic E-state index is 4.31. The number of aliphatic imine (C=N–C) groups is 1. The van der Waals surface area contributed by atoms with E-state index in [0.717, 1.165) is 32.0 Å². The summed E-state index contributed by atoms with van der Waals surface area (Å²) in [4.78, 5) is 7.05. The van der Waals surface area contributed by atoms with Crippen LogP contribution in [0.5, 0.6) is 0 Å². The Morgan fingerprint density at radius 3 is 2.56 bits per heavy atom. The first kappa shape index (κ1) is 21.4. The van der Waals surface area contributed by atoms with E-state index < -0.39 is 0 Å². The normalized spacial score (nSPS) is 11.1. The Balaban J connectivity index is 0.00000261. The van der Waals surface area contributed by atoms with Crippen molar-refractivity contribution in [1.29, 1.82) is 0 Å². The Kier molecular flexibility index (Phi) is 8.80. The van der Waals surface area contributed by atoms with Gasteiger partial charge in [-0.05, 0) is 35.7 Å². The van der Waals surface area contributed by atoms with E-state index in [1.54, 1.807) is 13.2 Å². The van der Waals surface area contributed by atoms with Crippen LogP contribution < -0.4 is 10.6 Å². The standard InChI is InChI=1S/C20H25N5S.HI/c1-3-18-8-9-19(26-18)14-23-20(21-2)22-13-16-6-4-7-17(12-16)15-25-11-5-10-24-25;/h4-12H,3,13-15H2,1-2H3,(H2,21,22,23);1H. The number of aryl methyl sites for hydroxylation is 1. The molecule has 0 fully saturated rings. The Morgan fingerprint density at radius 2 is 1.85 bits per heavy atom. The van der Waals surface area contributed by atoms with E-state index in [-0.39, 0.29) is 24.0 Å². The molecule has 0 bridgehead atoms. The van der Waals surface area contributed by atoms with Gasteiger partial charge in [-0.1, -0.05) is 31.2 Å². The molecule has 2 aromatic heterocycles. The fraction of sp³-hybridized carbons (Fsp3) is 0.300. The second-order valence-electron chi connectivity index (χ2n) is 6.02. The number of hydrogen-bond donors (Lipinski definition) is 2. The summed E-state index contributed by atoms with van der Waals surface area (Å²) in [6.45, 7) is 4.50. The number of hydrogen-bond acceptors (Lipinski definition) is 3. The summed E-state index contributed by atoms with van der Waals surface area (Å²) in [6.07, 6.45) is 4.87. The van der Waals surface area contributed by atoms with Crippen LogP contribution in [0.25, 0.3) is 0 Å². The summed E-state index contributed by atoms with van der Waals surface area (Å²) in [6, 6.07) is 14.9. The Hall–Kier alpha value is -1.87. The molecule has 0 amide bonds. The highest BCUT2D eigenvalue weighted by Gasteiger charge is 2.03. The molecule has 27 heavy (non-hydrogen) atoms. The fourth-order valence-corrected chi connectivity index (χ4v) is 3.60. The van der Waals surface area contributed by atoms with Crippen LogP contribution in [0, 0.1) is 0 Å². The zero-order valence-electron chi connectivity index (χ0n) is 15.7. The van der Waals surface area contributed by atoms with Gasteiger partial charge in [-0.3, -0.25) is 9.67 Å². The number of nitrogens with one attached hydrogen (secondary N) is 2. The summed E-state index contributed by atoms with van der Waals surface area (Å²) in [5.74, 6) is 0.814. The van der Waals surface area contributed by atoms with E-state index in [0.29, 0.717) is 0 Å². The molecule has 0 atom stereocenters. The number of aromatic nitrogens is 2. The molecular weight excluding hydrogens is 469 g/mol. The molecule has 1 aromatic carbocycles. The number of halogens is 1. The van der Waals surface area contributed by atoms with Crippen molar-refractivity contribution >= 4 is 41.3 Å². The molecule has 0 aliphatic carbocycles. The van der Waals surface area contributed by atoms with Crippen LogP contribution in [0.4, 0.5) is 0 Å². The summed E-state index contributed by atoms with van der Waals surface area (Å²) < 4.78 is 1.93. The van der Waals surface area contributed by atoms with E-state index in [1.165, 1.54) is 20.9 Å². The largest absolute Gasteiger partial charge is 0.352 e. The van der Waals surface area contributed by atoms with Gasteiger partial charge in [0.15, 0.2) is 5.96 Å². The molecule has 0 radical (unpaired) electrons. The van der Waals surface area contributed by atoms with Crippen LogP contribution >= 0.6 is 35.3 Å². The summed E-state index contributed by atoms with van der Waals surface area (Å²) in [5.41, 5.74) is 2.46. The lowest BCUT2D eigenvalue weighted by Gasteiger charge is -2.12. The highest BCUT2D eigenvalue weighted by molar-refractivity contribution is 14.0. The number of thiophene rings is 1. The van der Waals surface area contributed by atoms with E-state index >= 15 is 0 Å². The van der Waals surface area contributed by atoms with Gasteiger partial charge in [-0.15, -0.1) is 35.3 Å². The summed E-state index contributed by atoms with van der Waals surface area (Å²) in [5, 5.41) is 11.0. The minimum Gasteiger partial charge on any atom is -0.352 e. The first-order chi connectivity index (χ1) is 12.8. The molecule has 7 heteroatoms. The molecule has 0 aliphatic heterocycles. The van der Waals surface area contributed by atoms with Crippen LogP contribution in [0.15, 0.2) is 59.9 Å². The van der Waals surface area contributed by atoms with Crippen molar-refractivity contribution in [2.24, 2.45) is 4.99 Å². The minimum atomic E-state index is 0. The monoisotopic (exact) mass is 495 g/mol. The molecule has 144 valence electrons. The van der Waals surface area contributed by atoms with Crippen molar-refractivity contribution in [2.45, 2.75) is 33.0 Å². The lowest BCUT2D eigenvalue weighted by atomic mass is 10.1. The fourth-order valence-electron chi connectivity index (χ4n) is 2.70. The summed E-state index contributed by atoms with van der Waals surface area (Å²) in [7, 11) is 1.80. The van der Waals surface area contributed by atoms with Gasteiger partial charge in [-0.2, -0.15) is 5.10 Å². The zero-order chi connectivity index (χ0) is 18.2. The lowest BCUT2D eigenvalue weighted by Crippen LogP contribution is -2.36. The van der Waals surface area contributed by atoms with E-state index in [9.17, 15) is 0 Å². The predicted molar refractivity (Wildman–Crippen MR) is 124 cm³/mol. The molecule has 2 N–H and O–H groups in total. The van der Waals surface area contributed by atoms with E-state index in [2.05, 4.69) is 64.0 Å². The SMILES string of the molecule is CCc1ccc(CNC(=NC)NCc2cccc(Cn3cccn3)c2)s1.I. The van der Waals surface area contributed by atoms with Crippen molar-refractivity contribution in [2.75, 3.05) is 7.05 Å². The van der Waals surface area contributed by atoms with Gasteiger partial charge in [0, 0.05) is 35.7 Å². The van der Waals surface area contributed by atoms with Gasteiger partial charge < -0.3 is 10.6 Å². The molecule has 3 aromatic rings. The van der Waals surface area contributed by atoms with E-state index in [4.69, 9.17) is 0 Å². The van der Waals surface area contributed by atoms with Gasteiger partial charge >= 0.3 is 0 Å². The molecule has 2 heterocycles. The highest BCUT2D eigenvalue weighted by atomic mass is 127. The lowest BCUT2D eigenvalue weighted by molar-refractivity contribution is 0.685. The Morgan fingerprint density at radius 1 is 1.07 bits per heavy atom. The van der Waals surface area contributed by atoms with Crippen LogP contribution in [-0.2, 0) is 26.1 Å². The number of rotatable bonds is 7. The molecular formula is C20H26IN5S. The van der Waals surface area contributed by atoms with Crippen molar-refractivity contribution in [1.82, 2.24) is 20.4 Å². The van der Waals surface area contributed by atoms with Crippen molar-refractivity contribution in [3.05, 3.63) is 75.7 Å². The maximum atomic E-state index is 4.31. The molecule has 5 nitrogen and oxygen atoms in total. The van der Waals surface area contributed by atoms with Gasteiger partial charge in [0.1, 0.15) is 0 Å². The first-order valence-corrected chi connectivity index (χ1v) is 9.66. The van der Waals surface area contributed by atoms with Gasteiger partial charge in [0.05, 0.1) is 13.1 Å². The quantitative estimate of drug-likeness (QED) is 0.296. The van der Waals surface area contributed by atoms with Gasteiger partial charge in [0.2, 0.25) is 0 Å². The highest BCUT2D eigenvalue weighted by Crippen LogP contribution is 2.16.